The summed E-state index contributed by atoms with van der Waals surface area (Å²) in [5.41, 5.74) is 0.868. The number of nitrogens with one attached hydrogen (secondary N) is 1. The molecule has 0 aliphatic rings. The fourth-order valence-corrected chi connectivity index (χ4v) is 5.55. The Morgan fingerprint density at radius 3 is 2.38 bits per heavy atom. The van der Waals surface area contributed by atoms with Crippen molar-refractivity contribution in [1.82, 2.24) is 4.31 Å². The Kier molecular flexibility index (Phi) is 8.95. The minimum Gasteiger partial charge on any atom is -0.462 e. The Hall–Kier alpha value is -2.74. The molecule has 1 amide bonds. The predicted octanol–water partition coefficient (Wildman–Crippen LogP) is 4.17. The van der Waals surface area contributed by atoms with Crippen LogP contribution in [0.2, 0.25) is 0 Å². The van der Waals surface area contributed by atoms with Crippen molar-refractivity contribution in [3.8, 4) is 6.07 Å². The summed E-state index contributed by atoms with van der Waals surface area (Å²) in [7, 11) is -3.64. The summed E-state index contributed by atoms with van der Waals surface area (Å²) in [5.74, 6) is -1.06. The minimum absolute atomic E-state index is 0.112. The zero-order chi connectivity index (χ0) is 23.9. The number of rotatable bonds is 10. The third kappa shape index (κ3) is 5.54. The van der Waals surface area contributed by atoms with Crippen LogP contribution >= 0.6 is 11.3 Å². The monoisotopic (exact) mass is 477 g/mol. The summed E-state index contributed by atoms with van der Waals surface area (Å²) in [6, 6.07) is 7.65. The van der Waals surface area contributed by atoms with Crippen LogP contribution in [0.1, 0.15) is 64.8 Å². The lowest BCUT2D eigenvalue weighted by Gasteiger charge is -2.20. The van der Waals surface area contributed by atoms with E-state index in [1.807, 2.05) is 13.0 Å². The van der Waals surface area contributed by atoms with Gasteiger partial charge in [0.2, 0.25) is 10.0 Å². The molecule has 0 fully saturated rings. The van der Waals surface area contributed by atoms with E-state index in [4.69, 9.17) is 4.74 Å². The van der Waals surface area contributed by atoms with Gasteiger partial charge in [0, 0.05) is 18.7 Å². The fourth-order valence-electron chi connectivity index (χ4n) is 3.01. The van der Waals surface area contributed by atoms with Gasteiger partial charge < -0.3 is 10.1 Å². The van der Waals surface area contributed by atoms with E-state index in [1.165, 1.54) is 28.6 Å². The lowest BCUT2D eigenvalue weighted by atomic mass is 10.1. The molecule has 8 nitrogen and oxygen atoms in total. The van der Waals surface area contributed by atoms with Gasteiger partial charge in [0.25, 0.3) is 5.91 Å². The van der Waals surface area contributed by atoms with E-state index in [9.17, 15) is 23.3 Å². The van der Waals surface area contributed by atoms with Crippen molar-refractivity contribution in [3.05, 3.63) is 45.8 Å². The molecular formula is C22H27N3O5S2. The molecule has 1 N–H and O–H groups in total. The fraction of sp³-hybridized carbons (Fsp3) is 0.409. The van der Waals surface area contributed by atoms with Crippen LogP contribution in [0, 0.1) is 18.3 Å². The van der Waals surface area contributed by atoms with Gasteiger partial charge in [-0.2, -0.15) is 9.57 Å². The van der Waals surface area contributed by atoms with Crippen LogP contribution in [0.25, 0.3) is 0 Å². The van der Waals surface area contributed by atoms with Crippen molar-refractivity contribution in [3.63, 3.8) is 0 Å². The van der Waals surface area contributed by atoms with Crippen molar-refractivity contribution >= 4 is 38.2 Å². The van der Waals surface area contributed by atoms with Gasteiger partial charge in [-0.25, -0.2) is 13.2 Å². The highest BCUT2D eigenvalue weighted by Crippen LogP contribution is 2.33. The Labute approximate surface area is 192 Å². The van der Waals surface area contributed by atoms with Crippen LogP contribution in [-0.4, -0.2) is 44.3 Å². The molecule has 0 saturated heterocycles. The molecule has 0 atom stereocenters. The third-order valence-electron chi connectivity index (χ3n) is 4.81. The number of thiophene rings is 1. The molecule has 1 aromatic heterocycles. The van der Waals surface area contributed by atoms with Crippen molar-refractivity contribution in [2.45, 2.75) is 45.4 Å². The molecule has 1 aromatic carbocycles. The SMILES string of the molecule is CCCCN(CC)S(=O)(=O)c1ccc(C(=O)Nc2sc(C(=O)OCC)c(C)c2C#N)cc1. The molecular weight excluding hydrogens is 450 g/mol. The summed E-state index contributed by atoms with van der Waals surface area (Å²) in [4.78, 5) is 25.2. The molecule has 0 bridgehead atoms. The first kappa shape index (κ1) is 25.5. The molecule has 2 aromatic rings. The summed E-state index contributed by atoms with van der Waals surface area (Å²) in [5, 5.41) is 12.3. The van der Waals surface area contributed by atoms with Gasteiger partial charge >= 0.3 is 5.97 Å². The third-order valence-corrected chi connectivity index (χ3v) is 7.99. The average molecular weight is 478 g/mol. The van der Waals surface area contributed by atoms with Gasteiger partial charge in [0.1, 0.15) is 15.9 Å². The number of unbranched alkanes of at least 4 members (excludes halogenated alkanes) is 1. The highest BCUT2D eigenvalue weighted by Gasteiger charge is 2.24. The number of hydrogen-bond donors (Lipinski definition) is 1. The first-order valence-electron chi connectivity index (χ1n) is 10.3. The van der Waals surface area contributed by atoms with Gasteiger partial charge in [-0.05, 0) is 50.1 Å². The van der Waals surface area contributed by atoms with Crippen LogP contribution in [0.15, 0.2) is 29.2 Å². The number of hydrogen-bond acceptors (Lipinski definition) is 7. The summed E-state index contributed by atoms with van der Waals surface area (Å²) in [6.07, 6.45) is 1.65. The number of anilines is 1. The van der Waals surface area contributed by atoms with Gasteiger partial charge in [-0.1, -0.05) is 20.3 Å². The average Bonchev–Trinajstić information content (AvgIpc) is 3.09. The lowest BCUT2D eigenvalue weighted by Crippen LogP contribution is -2.31. The molecule has 10 heteroatoms. The highest BCUT2D eigenvalue weighted by molar-refractivity contribution is 7.89. The number of esters is 1. The van der Waals surface area contributed by atoms with E-state index in [-0.39, 0.29) is 32.5 Å². The standard InChI is InChI=1S/C22H27N3O5S2/c1-5-8-13-25(6-2)32(28,29)17-11-9-16(10-12-17)20(26)24-21-18(14-23)15(4)19(31-21)22(27)30-7-3/h9-12H,5-8,13H2,1-4H3,(H,24,26). The number of carbonyl (C=O) groups excluding carboxylic acids is 2. The van der Waals surface area contributed by atoms with E-state index in [0.29, 0.717) is 18.7 Å². The normalized spacial score (nSPS) is 11.2. The smallest absolute Gasteiger partial charge is 0.348 e. The molecule has 2 rings (SSSR count). The molecule has 0 aliphatic heterocycles. The lowest BCUT2D eigenvalue weighted by molar-refractivity contribution is 0.0531. The van der Waals surface area contributed by atoms with Crippen LogP contribution in [0.4, 0.5) is 5.00 Å². The molecule has 0 unspecified atom stereocenters. The van der Waals surface area contributed by atoms with Gasteiger partial charge in [-0.3, -0.25) is 4.79 Å². The number of nitrogens with zero attached hydrogens (tertiary/aromatic N) is 2. The maximum Gasteiger partial charge on any atom is 0.348 e. The second kappa shape index (κ2) is 11.2. The van der Waals surface area contributed by atoms with Crippen molar-refractivity contribution in [2.24, 2.45) is 0 Å². The summed E-state index contributed by atoms with van der Waals surface area (Å²) in [6.45, 7) is 8.09. The largest absolute Gasteiger partial charge is 0.462 e. The molecule has 0 radical (unpaired) electrons. The number of amides is 1. The molecule has 1 heterocycles. The number of ether oxygens (including phenoxy) is 1. The summed E-state index contributed by atoms with van der Waals surface area (Å²) >= 11 is 0.972. The van der Waals surface area contributed by atoms with Crippen molar-refractivity contribution in [1.29, 1.82) is 5.26 Å². The van der Waals surface area contributed by atoms with Crippen LogP contribution in [0.3, 0.4) is 0 Å². The molecule has 0 spiro atoms. The number of sulfonamides is 1. The maximum atomic E-state index is 12.8. The quantitative estimate of drug-likeness (QED) is 0.513. The predicted molar refractivity (Wildman–Crippen MR) is 123 cm³/mol. The van der Waals surface area contributed by atoms with Crippen LogP contribution in [0.5, 0.6) is 0 Å². The minimum atomic E-state index is -3.64. The second-order valence-electron chi connectivity index (χ2n) is 6.92. The first-order valence-corrected chi connectivity index (χ1v) is 12.6. The van der Waals surface area contributed by atoms with E-state index in [1.54, 1.807) is 20.8 Å². The van der Waals surface area contributed by atoms with Crippen molar-refractivity contribution < 1.29 is 22.7 Å². The van der Waals surface area contributed by atoms with Gasteiger partial charge in [-0.15, -0.1) is 11.3 Å². The Morgan fingerprint density at radius 1 is 1.19 bits per heavy atom. The zero-order valence-electron chi connectivity index (χ0n) is 18.6. The number of benzene rings is 1. The Bertz CT molecular complexity index is 1120. The van der Waals surface area contributed by atoms with Crippen LogP contribution < -0.4 is 5.32 Å². The van der Waals surface area contributed by atoms with Crippen molar-refractivity contribution in [2.75, 3.05) is 25.0 Å². The van der Waals surface area contributed by atoms with E-state index in [2.05, 4.69) is 5.32 Å². The zero-order valence-corrected chi connectivity index (χ0v) is 20.2. The Morgan fingerprint density at radius 2 is 1.84 bits per heavy atom. The highest BCUT2D eigenvalue weighted by atomic mass is 32.2. The van der Waals surface area contributed by atoms with Gasteiger partial charge in [0.15, 0.2) is 0 Å². The topological polar surface area (TPSA) is 117 Å². The maximum absolute atomic E-state index is 12.8. The first-order chi connectivity index (χ1) is 15.2. The molecule has 0 aliphatic carbocycles. The molecule has 0 saturated carbocycles. The van der Waals surface area contributed by atoms with E-state index >= 15 is 0 Å². The van der Waals surface area contributed by atoms with Gasteiger partial charge in [0.05, 0.1) is 17.1 Å². The van der Waals surface area contributed by atoms with E-state index in [0.717, 1.165) is 24.2 Å². The van der Waals surface area contributed by atoms with E-state index < -0.39 is 21.9 Å². The number of carbonyl (C=O) groups is 2. The molecule has 172 valence electrons. The second-order valence-corrected chi connectivity index (χ2v) is 9.88. The molecule has 32 heavy (non-hydrogen) atoms. The summed E-state index contributed by atoms with van der Waals surface area (Å²) < 4.78 is 32.1. The van der Waals surface area contributed by atoms with Crippen LogP contribution in [-0.2, 0) is 14.8 Å². The Balaban J connectivity index is 2.25. The number of nitriles is 1.